The van der Waals surface area contributed by atoms with Crippen molar-refractivity contribution < 1.29 is 13.5 Å². The molecule has 0 saturated heterocycles. The predicted octanol–water partition coefficient (Wildman–Crippen LogP) is 2.97. The van der Waals surface area contributed by atoms with Gasteiger partial charge in [0.05, 0.1) is 18.2 Å². The van der Waals surface area contributed by atoms with Crippen LogP contribution in [0, 0.1) is 23.0 Å². The van der Waals surface area contributed by atoms with Crippen molar-refractivity contribution in [3.63, 3.8) is 0 Å². The fraction of sp³-hybridized carbons (Fsp3) is 0.263. The Morgan fingerprint density at radius 3 is 2.65 bits per heavy atom. The maximum Gasteiger partial charge on any atom is 0.191 e. The number of guanidine groups is 1. The second kappa shape index (κ2) is 9.37. The van der Waals surface area contributed by atoms with Gasteiger partial charge in [-0.25, -0.2) is 8.78 Å². The average Bonchev–Trinajstić information content (AvgIpc) is 2.65. The second-order valence-electron chi connectivity index (χ2n) is 5.58. The maximum atomic E-state index is 13.8. The Kier molecular flexibility index (Phi) is 6.92. The zero-order chi connectivity index (χ0) is 18.9. The number of nitrogens with one attached hydrogen (secondary N) is 2. The molecule has 0 aromatic heterocycles. The Balaban J connectivity index is 1.86. The first-order chi connectivity index (χ1) is 12.5. The first kappa shape index (κ1) is 19.2. The van der Waals surface area contributed by atoms with Gasteiger partial charge in [-0.2, -0.15) is 5.26 Å². The van der Waals surface area contributed by atoms with Crippen LogP contribution in [0.4, 0.5) is 8.78 Å². The summed E-state index contributed by atoms with van der Waals surface area (Å²) in [5.74, 6) is -0.200. The van der Waals surface area contributed by atoms with Gasteiger partial charge < -0.3 is 15.4 Å². The van der Waals surface area contributed by atoms with Crippen molar-refractivity contribution in [2.24, 2.45) is 4.99 Å². The summed E-state index contributed by atoms with van der Waals surface area (Å²) in [4.78, 5) is 4.05. The predicted molar refractivity (Wildman–Crippen MR) is 95.8 cm³/mol. The molecule has 0 aliphatic rings. The largest absolute Gasteiger partial charge is 0.486 e. The van der Waals surface area contributed by atoms with Crippen LogP contribution < -0.4 is 15.4 Å². The molecule has 1 atom stereocenters. The van der Waals surface area contributed by atoms with E-state index < -0.39 is 11.6 Å². The molecule has 2 aromatic carbocycles. The van der Waals surface area contributed by atoms with Crippen LogP contribution in [0.15, 0.2) is 47.5 Å². The van der Waals surface area contributed by atoms with Crippen LogP contribution in [0.25, 0.3) is 0 Å². The Morgan fingerprint density at radius 1 is 1.19 bits per heavy atom. The van der Waals surface area contributed by atoms with Crippen molar-refractivity contribution >= 4 is 5.96 Å². The molecule has 0 heterocycles. The van der Waals surface area contributed by atoms with E-state index in [1.165, 1.54) is 24.3 Å². The van der Waals surface area contributed by atoms with Gasteiger partial charge in [0.25, 0.3) is 0 Å². The number of aliphatic imine (C=N–C) groups is 1. The fourth-order valence-electron chi connectivity index (χ4n) is 2.22. The number of nitriles is 1. The molecule has 26 heavy (non-hydrogen) atoms. The van der Waals surface area contributed by atoms with Gasteiger partial charge >= 0.3 is 0 Å². The molecule has 7 heteroatoms. The van der Waals surface area contributed by atoms with Crippen LogP contribution in [0.5, 0.6) is 5.75 Å². The van der Waals surface area contributed by atoms with Gasteiger partial charge in [-0.3, -0.25) is 4.99 Å². The van der Waals surface area contributed by atoms with Crippen molar-refractivity contribution in [3.05, 3.63) is 65.2 Å². The van der Waals surface area contributed by atoms with Crippen LogP contribution in [0.3, 0.4) is 0 Å². The minimum Gasteiger partial charge on any atom is -0.486 e. The molecule has 0 fully saturated rings. The number of benzene rings is 2. The normalized spacial score (nSPS) is 12.2. The lowest BCUT2D eigenvalue weighted by Gasteiger charge is -2.18. The molecule has 2 rings (SSSR count). The first-order valence-corrected chi connectivity index (χ1v) is 8.07. The van der Waals surface area contributed by atoms with Crippen molar-refractivity contribution in [2.75, 3.05) is 13.6 Å². The van der Waals surface area contributed by atoms with E-state index in [1.54, 1.807) is 32.2 Å². The standard InChI is InChI=1S/C19H20F2N4O/c1-13(26-18-6-4-3-5-17(18)21)11-24-19(23-2)25-12-15-9-14(10-22)7-8-16(15)20/h3-9,13H,11-12H2,1-2H3,(H2,23,24,25). The number of halogens is 2. The van der Waals surface area contributed by atoms with Crippen LogP contribution in [0.2, 0.25) is 0 Å². The Morgan fingerprint density at radius 2 is 1.96 bits per heavy atom. The minimum atomic E-state index is -0.422. The highest BCUT2D eigenvalue weighted by Crippen LogP contribution is 2.16. The van der Waals surface area contributed by atoms with Crippen molar-refractivity contribution in [1.82, 2.24) is 10.6 Å². The van der Waals surface area contributed by atoms with Gasteiger partial charge in [-0.05, 0) is 37.3 Å². The fourth-order valence-corrected chi connectivity index (χ4v) is 2.22. The summed E-state index contributed by atoms with van der Waals surface area (Å²) >= 11 is 0. The van der Waals surface area contributed by atoms with E-state index >= 15 is 0 Å². The van der Waals surface area contributed by atoms with E-state index in [2.05, 4.69) is 15.6 Å². The number of ether oxygens (including phenoxy) is 1. The molecule has 0 saturated carbocycles. The monoisotopic (exact) mass is 358 g/mol. The van der Waals surface area contributed by atoms with Crippen LogP contribution in [-0.2, 0) is 6.54 Å². The molecule has 2 N–H and O–H groups in total. The first-order valence-electron chi connectivity index (χ1n) is 8.07. The van der Waals surface area contributed by atoms with Gasteiger partial charge in [0.1, 0.15) is 11.9 Å². The molecule has 0 spiro atoms. The van der Waals surface area contributed by atoms with E-state index in [0.717, 1.165) is 0 Å². The highest BCUT2D eigenvalue weighted by atomic mass is 19.1. The lowest BCUT2D eigenvalue weighted by atomic mass is 10.1. The topological polar surface area (TPSA) is 69.4 Å². The lowest BCUT2D eigenvalue weighted by Crippen LogP contribution is -2.41. The molecular weight excluding hydrogens is 338 g/mol. The number of hydrogen-bond acceptors (Lipinski definition) is 3. The molecule has 1 unspecified atom stereocenters. The number of nitrogens with zero attached hydrogens (tertiary/aromatic N) is 2. The number of para-hydroxylation sites is 1. The molecule has 0 aliphatic heterocycles. The van der Waals surface area contributed by atoms with Gasteiger partial charge in [0, 0.05) is 19.2 Å². The van der Waals surface area contributed by atoms with Gasteiger partial charge in [-0.1, -0.05) is 12.1 Å². The molecule has 0 bridgehead atoms. The zero-order valence-electron chi connectivity index (χ0n) is 14.6. The van der Waals surface area contributed by atoms with Crippen molar-refractivity contribution in [2.45, 2.75) is 19.6 Å². The summed E-state index contributed by atoms with van der Waals surface area (Å²) in [5.41, 5.74) is 0.751. The maximum absolute atomic E-state index is 13.8. The minimum absolute atomic E-state index is 0.170. The van der Waals surface area contributed by atoms with Gasteiger partial charge in [-0.15, -0.1) is 0 Å². The van der Waals surface area contributed by atoms with Crippen LogP contribution in [0.1, 0.15) is 18.1 Å². The third-order valence-corrected chi connectivity index (χ3v) is 3.57. The van der Waals surface area contributed by atoms with E-state index in [1.807, 2.05) is 6.07 Å². The van der Waals surface area contributed by atoms with Crippen LogP contribution in [-0.4, -0.2) is 25.7 Å². The highest BCUT2D eigenvalue weighted by Gasteiger charge is 2.10. The zero-order valence-corrected chi connectivity index (χ0v) is 14.6. The Labute approximate surface area is 151 Å². The van der Waals surface area contributed by atoms with E-state index in [9.17, 15) is 8.78 Å². The quantitative estimate of drug-likeness (QED) is 0.615. The number of hydrogen-bond donors (Lipinski definition) is 2. The summed E-state index contributed by atoms with van der Waals surface area (Å²) in [6.07, 6.45) is -0.316. The van der Waals surface area contributed by atoms with Crippen molar-refractivity contribution in [3.8, 4) is 11.8 Å². The van der Waals surface area contributed by atoms with Crippen molar-refractivity contribution in [1.29, 1.82) is 5.26 Å². The Bertz CT molecular complexity index is 817. The Hall–Kier alpha value is -3.14. The molecule has 0 radical (unpaired) electrons. The lowest BCUT2D eigenvalue weighted by molar-refractivity contribution is 0.214. The van der Waals surface area contributed by atoms with Gasteiger partial charge in [0.2, 0.25) is 0 Å². The summed E-state index contributed by atoms with van der Waals surface area (Å²) in [5, 5.41) is 14.9. The van der Waals surface area contributed by atoms with Crippen LogP contribution >= 0.6 is 0 Å². The molecule has 136 valence electrons. The smallest absolute Gasteiger partial charge is 0.191 e. The molecule has 2 aromatic rings. The second-order valence-corrected chi connectivity index (χ2v) is 5.58. The molecule has 0 aliphatic carbocycles. The summed E-state index contributed by atoms with van der Waals surface area (Å²) in [6, 6.07) is 12.3. The molecular formula is C19H20F2N4O. The van der Waals surface area contributed by atoms with Gasteiger partial charge in [0.15, 0.2) is 17.5 Å². The SMILES string of the molecule is CN=C(NCc1cc(C#N)ccc1F)NCC(C)Oc1ccccc1F. The van der Waals surface area contributed by atoms with E-state index in [-0.39, 0.29) is 18.4 Å². The average molecular weight is 358 g/mol. The summed E-state index contributed by atoms with van der Waals surface area (Å²) < 4.78 is 32.9. The highest BCUT2D eigenvalue weighted by molar-refractivity contribution is 5.79. The van der Waals surface area contributed by atoms with E-state index in [4.69, 9.17) is 10.00 Å². The summed E-state index contributed by atoms with van der Waals surface area (Å²) in [7, 11) is 1.58. The third-order valence-electron chi connectivity index (χ3n) is 3.57. The molecule has 0 amide bonds. The summed E-state index contributed by atoms with van der Waals surface area (Å²) in [6.45, 7) is 2.33. The number of rotatable bonds is 6. The molecule has 5 nitrogen and oxygen atoms in total. The van der Waals surface area contributed by atoms with E-state index in [0.29, 0.717) is 23.6 Å². The third kappa shape index (κ3) is 5.45.